The molecule has 7 heteroatoms. The highest BCUT2D eigenvalue weighted by molar-refractivity contribution is 5.95. The van der Waals surface area contributed by atoms with Gasteiger partial charge in [-0.05, 0) is 69.6 Å². The van der Waals surface area contributed by atoms with Crippen LogP contribution in [0.2, 0.25) is 0 Å². The van der Waals surface area contributed by atoms with Crippen LogP contribution in [0.5, 0.6) is 0 Å². The molecule has 2 bridgehead atoms. The number of nitrogens with one attached hydrogen (secondary N) is 2. The molecule has 3 rings (SSSR count). The maximum Gasteiger partial charge on any atom is 0.227 e. The van der Waals surface area contributed by atoms with Gasteiger partial charge >= 0.3 is 0 Å². The minimum atomic E-state index is -0.311. The quantitative estimate of drug-likeness (QED) is 0.686. The highest BCUT2D eigenvalue weighted by Crippen LogP contribution is 2.42. The van der Waals surface area contributed by atoms with E-state index in [1.165, 1.54) is 18.6 Å². The molecule has 26 heavy (non-hydrogen) atoms. The van der Waals surface area contributed by atoms with Crippen molar-refractivity contribution in [2.24, 2.45) is 23.5 Å². The zero-order valence-electron chi connectivity index (χ0n) is 15.3. The van der Waals surface area contributed by atoms with E-state index in [-0.39, 0.29) is 54.5 Å². The Morgan fingerprint density at radius 3 is 2.35 bits per heavy atom. The second-order valence-corrected chi connectivity index (χ2v) is 7.67. The number of halogens is 3. The highest BCUT2D eigenvalue weighted by atomic mass is 35.5. The third-order valence-corrected chi connectivity index (χ3v) is 5.47. The van der Waals surface area contributed by atoms with Crippen LogP contribution in [0.3, 0.4) is 0 Å². The molecular weight excluding hydrogens is 376 g/mol. The molecule has 2 unspecified atom stereocenters. The van der Waals surface area contributed by atoms with Gasteiger partial charge in [-0.15, -0.1) is 24.8 Å². The third kappa shape index (κ3) is 5.24. The number of nitrogens with two attached hydrogens (primary N) is 1. The van der Waals surface area contributed by atoms with E-state index in [4.69, 9.17) is 5.73 Å². The SMILES string of the molecule is CC(C)Nc1cc(F)ccc1NC(=O)C1CC2CCCC(C1)C2N.Cl.Cl. The van der Waals surface area contributed by atoms with Crippen molar-refractivity contribution in [3.63, 3.8) is 0 Å². The Bertz CT molecular complexity index is 600. The van der Waals surface area contributed by atoms with Gasteiger partial charge in [0.15, 0.2) is 0 Å². The van der Waals surface area contributed by atoms with Crippen LogP contribution < -0.4 is 16.4 Å². The second kappa shape index (κ2) is 9.77. The van der Waals surface area contributed by atoms with Crippen LogP contribution in [0.1, 0.15) is 46.0 Å². The van der Waals surface area contributed by atoms with Crippen LogP contribution in [0.15, 0.2) is 18.2 Å². The van der Waals surface area contributed by atoms with E-state index >= 15 is 0 Å². The molecule has 2 aliphatic rings. The summed E-state index contributed by atoms with van der Waals surface area (Å²) in [6.07, 6.45) is 5.25. The molecule has 0 heterocycles. The molecule has 148 valence electrons. The zero-order valence-corrected chi connectivity index (χ0v) is 17.0. The number of amides is 1. The molecule has 4 nitrogen and oxygen atoms in total. The number of carbonyl (C=O) groups is 1. The summed E-state index contributed by atoms with van der Waals surface area (Å²) in [5.74, 6) is 0.674. The molecule has 0 aromatic heterocycles. The van der Waals surface area contributed by atoms with Crippen LogP contribution in [-0.4, -0.2) is 18.0 Å². The minimum Gasteiger partial charge on any atom is -0.381 e. The number of fused-ring (bicyclic) bond motifs is 2. The largest absolute Gasteiger partial charge is 0.381 e. The molecular formula is C19H30Cl2FN3O. The summed E-state index contributed by atoms with van der Waals surface area (Å²) >= 11 is 0. The van der Waals surface area contributed by atoms with E-state index in [1.807, 2.05) is 13.8 Å². The Morgan fingerprint density at radius 1 is 1.15 bits per heavy atom. The summed E-state index contributed by atoms with van der Waals surface area (Å²) in [4.78, 5) is 12.8. The molecule has 0 radical (unpaired) electrons. The van der Waals surface area contributed by atoms with E-state index < -0.39 is 0 Å². The highest BCUT2D eigenvalue weighted by Gasteiger charge is 2.40. The Hall–Kier alpha value is -1.04. The molecule has 0 spiro atoms. The average molecular weight is 406 g/mol. The van der Waals surface area contributed by atoms with Gasteiger partial charge in [0.1, 0.15) is 5.82 Å². The van der Waals surface area contributed by atoms with Crippen LogP contribution in [0, 0.1) is 23.6 Å². The van der Waals surface area contributed by atoms with Crippen molar-refractivity contribution in [2.75, 3.05) is 10.6 Å². The van der Waals surface area contributed by atoms with Crippen molar-refractivity contribution in [1.29, 1.82) is 0 Å². The molecule has 2 aliphatic carbocycles. The van der Waals surface area contributed by atoms with Crippen molar-refractivity contribution >= 4 is 42.1 Å². The van der Waals surface area contributed by atoms with Gasteiger partial charge in [0.05, 0.1) is 11.4 Å². The fourth-order valence-electron chi connectivity index (χ4n) is 4.29. The number of hydrogen-bond donors (Lipinski definition) is 3. The Balaban J connectivity index is 0.00000169. The van der Waals surface area contributed by atoms with E-state index in [2.05, 4.69) is 10.6 Å². The Morgan fingerprint density at radius 2 is 1.77 bits per heavy atom. The first-order valence-electron chi connectivity index (χ1n) is 9.06. The predicted octanol–water partition coefficient (Wildman–Crippen LogP) is 4.58. The molecule has 1 aromatic rings. The summed E-state index contributed by atoms with van der Waals surface area (Å²) in [5.41, 5.74) is 7.59. The molecule has 0 aliphatic heterocycles. The van der Waals surface area contributed by atoms with Gasteiger partial charge in [-0.2, -0.15) is 0 Å². The molecule has 2 atom stereocenters. The number of anilines is 2. The molecule has 4 N–H and O–H groups in total. The fourth-order valence-corrected chi connectivity index (χ4v) is 4.29. The smallest absolute Gasteiger partial charge is 0.227 e. The molecule has 1 aromatic carbocycles. The number of rotatable bonds is 4. The van der Waals surface area contributed by atoms with Crippen LogP contribution in [-0.2, 0) is 4.79 Å². The number of hydrogen-bond acceptors (Lipinski definition) is 3. The van der Waals surface area contributed by atoms with Crippen LogP contribution in [0.4, 0.5) is 15.8 Å². The first-order valence-corrected chi connectivity index (χ1v) is 9.06. The lowest BCUT2D eigenvalue weighted by Gasteiger charge is -2.43. The molecule has 0 saturated heterocycles. The van der Waals surface area contributed by atoms with Crippen molar-refractivity contribution in [3.8, 4) is 0 Å². The predicted molar refractivity (Wildman–Crippen MR) is 110 cm³/mol. The maximum absolute atomic E-state index is 13.5. The number of benzene rings is 1. The monoisotopic (exact) mass is 405 g/mol. The van der Waals surface area contributed by atoms with Gasteiger partial charge in [-0.25, -0.2) is 4.39 Å². The summed E-state index contributed by atoms with van der Waals surface area (Å²) in [7, 11) is 0. The summed E-state index contributed by atoms with van der Waals surface area (Å²) < 4.78 is 13.5. The van der Waals surface area contributed by atoms with Crippen LogP contribution in [0.25, 0.3) is 0 Å². The standard InChI is InChI=1S/C19H28FN3O.2ClH/c1-11(2)22-17-10-15(20)6-7-16(17)23-19(24)14-8-12-4-3-5-13(9-14)18(12)21;;/h6-7,10-14,18,22H,3-5,8-9,21H2,1-2H3,(H,23,24);2*1H. The minimum absolute atomic E-state index is 0. The molecule has 2 saturated carbocycles. The summed E-state index contributed by atoms with van der Waals surface area (Å²) in [6.45, 7) is 3.97. The topological polar surface area (TPSA) is 67.1 Å². The Kier molecular flexibility index (Phi) is 8.64. The normalized spacial score (nSPS) is 27.1. The van der Waals surface area contributed by atoms with Gasteiger partial charge < -0.3 is 16.4 Å². The summed E-state index contributed by atoms with van der Waals surface area (Å²) in [6, 6.07) is 4.86. The lowest BCUT2D eigenvalue weighted by molar-refractivity contribution is -0.122. The number of carbonyl (C=O) groups excluding carboxylic acids is 1. The maximum atomic E-state index is 13.5. The van der Waals surface area contributed by atoms with E-state index in [0.717, 1.165) is 25.7 Å². The lowest BCUT2D eigenvalue weighted by Crippen LogP contribution is -2.48. The van der Waals surface area contributed by atoms with Crippen LogP contribution >= 0.6 is 24.8 Å². The van der Waals surface area contributed by atoms with Gasteiger partial charge in [0, 0.05) is 18.0 Å². The first kappa shape index (κ1) is 23.0. The van der Waals surface area contributed by atoms with Gasteiger partial charge in [-0.1, -0.05) is 6.42 Å². The molecule has 1 amide bonds. The first-order chi connectivity index (χ1) is 11.4. The third-order valence-electron chi connectivity index (χ3n) is 5.47. The molecule has 2 fully saturated rings. The van der Waals surface area contributed by atoms with Crippen molar-refractivity contribution < 1.29 is 9.18 Å². The van der Waals surface area contributed by atoms with Gasteiger partial charge in [0.2, 0.25) is 5.91 Å². The average Bonchev–Trinajstić information content (AvgIpc) is 2.49. The Labute approximate surface area is 167 Å². The van der Waals surface area contributed by atoms with E-state index in [9.17, 15) is 9.18 Å². The van der Waals surface area contributed by atoms with E-state index in [1.54, 1.807) is 6.07 Å². The lowest BCUT2D eigenvalue weighted by atomic mass is 9.65. The van der Waals surface area contributed by atoms with E-state index in [0.29, 0.717) is 23.2 Å². The van der Waals surface area contributed by atoms with Gasteiger partial charge in [0.25, 0.3) is 0 Å². The van der Waals surface area contributed by atoms with Crippen molar-refractivity contribution in [2.45, 2.75) is 58.0 Å². The van der Waals surface area contributed by atoms with Gasteiger partial charge in [-0.3, -0.25) is 4.79 Å². The van der Waals surface area contributed by atoms with Crippen molar-refractivity contribution in [3.05, 3.63) is 24.0 Å². The second-order valence-electron chi connectivity index (χ2n) is 7.67. The summed E-state index contributed by atoms with van der Waals surface area (Å²) in [5, 5.41) is 6.20. The fraction of sp³-hybridized carbons (Fsp3) is 0.632. The van der Waals surface area contributed by atoms with Crippen molar-refractivity contribution in [1.82, 2.24) is 0 Å². The zero-order chi connectivity index (χ0) is 17.3.